The van der Waals surface area contributed by atoms with Crippen molar-refractivity contribution in [3.8, 4) is 5.75 Å². The summed E-state index contributed by atoms with van der Waals surface area (Å²) in [5.74, 6) is 0.602. The number of hydrogen-bond acceptors (Lipinski definition) is 4. The highest BCUT2D eigenvalue weighted by Crippen LogP contribution is 2.36. The lowest BCUT2D eigenvalue weighted by Gasteiger charge is -2.26. The predicted molar refractivity (Wildman–Crippen MR) is 75.2 cm³/mol. The van der Waals surface area contributed by atoms with Gasteiger partial charge in [-0.3, -0.25) is 4.79 Å². The molecule has 0 aromatic heterocycles. The number of hydrogen-bond donors (Lipinski definition) is 3. The number of aliphatic hydroxyl groups is 2. The van der Waals surface area contributed by atoms with Crippen LogP contribution in [-0.4, -0.2) is 35.9 Å². The van der Waals surface area contributed by atoms with Crippen LogP contribution in [-0.2, 0) is 4.79 Å². The first-order chi connectivity index (χ1) is 9.52. The highest BCUT2D eigenvalue weighted by Gasteiger charge is 2.26. The van der Waals surface area contributed by atoms with E-state index in [9.17, 15) is 15.0 Å². The average Bonchev–Trinajstić information content (AvgIpc) is 2.43. The fraction of sp³-hybridized carbons (Fsp3) is 0.400. The molecule has 1 amide bonds. The number of aliphatic hydroxyl groups excluding tert-OH is 2. The molecule has 5 nitrogen and oxygen atoms in total. The summed E-state index contributed by atoms with van der Waals surface area (Å²) in [4.78, 5) is 10.9. The number of amides is 1. The number of nitrogens with one attached hydrogen (secondary N) is 1. The molecule has 108 valence electrons. The molecule has 20 heavy (non-hydrogen) atoms. The van der Waals surface area contributed by atoms with Crippen molar-refractivity contribution in [2.75, 3.05) is 13.7 Å². The monoisotopic (exact) mass is 277 g/mol. The molecule has 1 aromatic carbocycles. The Morgan fingerprint density at radius 3 is 2.80 bits per heavy atom. The number of methoxy groups -OCH3 is 1. The van der Waals surface area contributed by atoms with Gasteiger partial charge in [-0.2, -0.15) is 0 Å². The van der Waals surface area contributed by atoms with Gasteiger partial charge < -0.3 is 20.3 Å². The first-order valence-corrected chi connectivity index (χ1v) is 6.52. The van der Waals surface area contributed by atoms with E-state index in [4.69, 9.17) is 4.74 Å². The van der Waals surface area contributed by atoms with Crippen molar-refractivity contribution in [1.82, 2.24) is 5.32 Å². The van der Waals surface area contributed by atoms with Crippen LogP contribution in [0.15, 0.2) is 24.3 Å². The lowest BCUT2D eigenvalue weighted by atomic mass is 9.85. The topological polar surface area (TPSA) is 78.8 Å². The predicted octanol–water partition coefficient (Wildman–Crippen LogP) is 1.01. The van der Waals surface area contributed by atoms with Crippen LogP contribution in [0.4, 0.5) is 0 Å². The maximum Gasteiger partial charge on any atom is 0.216 e. The van der Waals surface area contributed by atoms with E-state index in [2.05, 4.69) is 5.32 Å². The molecule has 1 aliphatic carbocycles. The summed E-state index contributed by atoms with van der Waals surface area (Å²) in [6.45, 7) is 1.95. The molecule has 5 heteroatoms. The van der Waals surface area contributed by atoms with Gasteiger partial charge >= 0.3 is 0 Å². The maximum atomic E-state index is 10.9. The number of ether oxygens (including phenoxy) is 1. The van der Waals surface area contributed by atoms with Gasteiger partial charge in [0.05, 0.1) is 7.11 Å². The van der Waals surface area contributed by atoms with Crippen molar-refractivity contribution in [1.29, 1.82) is 0 Å². The smallest absolute Gasteiger partial charge is 0.216 e. The molecule has 2 rings (SSSR count). The largest absolute Gasteiger partial charge is 0.497 e. The minimum atomic E-state index is -0.930. The summed E-state index contributed by atoms with van der Waals surface area (Å²) in [6.07, 6.45) is 0.362. The lowest BCUT2D eigenvalue weighted by molar-refractivity contribution is -0.118. The van der Waals surface area contributed by atoms with Gasteiger partial charge in [0, 0.05) is 13.5 Å². The number of fused-ring (bicyclic) bond motifs is 1. The Labute approximate surface area is 117 Å². The number of carbonyl (C=O) groups excluding carboxylic acids is 1. The van der Waals surface area contributed by atoms with Crippen LogP contribution < -0.4 is 10.1 Å². The third kappa shape index (κ3) is 3.00. The summed E-state index contributed by atoms with van der Waals surface area (Å²) in [5, 5.41) is 22.6. The molecule has 0 saturated carbocycles. The molecule has 0 bridgehead atoms. The highest BCUT2D eigenvalue weighted by molar-refractivity contribution is 5.75. The molecule has 2 unspecified atom stereocenters. The zero-order valence-corrected chi connectivity index (χ0v) is 11.6. The van der Waals surface area contributed by atoms with Gasteiger partial charge in [0.1, 0.15) is 18.0 Å². The zero-order chi connectivity index (χ0) is 14.7. The Bertz CT molecular complexity index is 539. The summed E-state index contributed by atoms with van der Waals surface area (Å²) >= 11 is 0. The van der Waals surface area contributed by atoms with E-state index in [1.807, 2.05) is 6.07 Å². The van der Waals surface area contributed by atoms with E-state index in [0.717, 1.165) is 11.1 Å². The second kappa shape index (κ2) is 6.07. The summed E-state index contributed by atoms with van der Waals surface area (Å²) < 4.78 is 5.19. The fourth-order valence-electron chi connectivity index (χ4n) is 2.36. The Kier molecular flexibility index (Phi) is 4.42. The first-order valence-electron chi connectivity index (χ1n) is 6.52. The molecule has 0 aliphatic heterocycles. The van der Waals surface area contributed by atoms with E-state index < -0.39 is 12.2 Å². The molecule has 0 heterocycles. The standard InChI is InChI=1S/C15H19NO4/c1-9(17)16-6-5-10-7-14(18)15(19)12-4-3-11(20-2)8-13(10)12/h3-4,7-8,14-15,18-19H,5-6H2,1-2H3,(H,16,17). The number of rotatable bonds is 4. The van der Waals surface area contributed by atoms with Crippen LogP contribution >= 0.6 is 0 Å². The first kappa shape index (κ1) is 14.6. The molecule has 3 N–H and O–H groups in total. The number of carbonyl (C=O) groups is 1. The summed E-state index contributed by atoms with van der Waals surface area (Å²) in [7, 11) is 1.58. The van der Waals surface area contributed by atoms with Crippen molar-refractivity contribution in [2.24, 2.45) is 0 Å². The third-order valence-corrected chi connectivity index (χ3v) is 3.39. The van der Waals surface area contributed by atoms with Crippen molar-refractivity contribution in [2.45, 2.75) is 25.6 Å². The lowest BCUT2D eigenvalue weighted by Crippen LogP contribution is -2.24. The molecule has 0 radical (unpaired) electrons. The Hall–Kier alpha value is -1.85. The van der Waals surface area contributed by atoms with Gasteiger partial charge in [0.15, 0.2) is 0 Å². The summed E-state index contributed by atoms with van der Waals surface area (Å²) in [5.41, 5.74) is 2.43. The fourth-order valence-corrected chi connectivity index (χ4v) is 2.36. The van der Waals surface area contributed by atoms with E-state index in [1.54, 1.807) is 25.3 Å². The SMILES string of the molecule is COc1ccc2c(c1)C(CCNC(C)=O)=CC(O)C2O. The summed E-state index contributed by atoms with van der Waals surface area (Å²) in [6, 6.07) is 5.35. The van der Waals surface area contributed by atoms with Crippen molar-refractivity contribution in [3.63, 3.8) is 0 Å². The van der Waals surface area contributed by atoms with Crippen LogP contribution in [0.3, 0.4) is 0 Å². The molecule has 1 aliphatic rings. The van der Waals surface area contributed by atoms with E-state index in [0.29, 0.717) is 24.3 Å². The van der Waals surface area contributed by atoms with E-state index >= 15 is 0 Å². The Morgan fingerprint density at radius 2 is 2.15 bits per heavy atom. The molecule has 0 saturated heterocycles. The molecular weight excluding hydrogens is 258 g/mol. The zero-order valence-electron chi connectivity index (χ0n) is 11.6. The van der Waals surface area contributed by atoms with Gasteiger partial charge in [-0.25, -0.2) is 0 Å². The van der Waals surface area contributed by atoms with Crippen LogP contribution in [0.5, 0.6) is 5.75 Å². The maximum absolute atomic E-state index is 10.9. The van der Waals surface area contributed by atoms with E-state index in [1.165, 1.54) is 6.92 Å². The van der Waals surface area contributed by atoms with E-state index in [-0.39, 0.29) is 5.91 Å². The average molecular weight is 277 g/mol. The van der Waals surface area contributed by atoms with Gasteiger partial charge in [0.25, 0.3) is 0 Å². The van der Waals surface area contributed by atoms with Gasteiger partial charge in [0.2, 0.25) is 5.91 Å². The van der Waals surface area contributed by atoms with Crippen LogP contribution in [0, 0.1) is 0 Å². The second-order valence-electron chi connectivity index (χ2n) is 4.81. The van der Waals surface area contributed by atoms with Crippen LogP contribution in [0.25, 0.3) is 5.57 Å². The molecule has 2 atom stereocenters. The van der Waals surface area contributed by atoms with Gasteiger partial charge in [-0.15, -0.1) is 0 Å². The van der Waals surface area contributed by atoms with Gasteiger partial charge in [-0.1, -0.05) is 6.07 Å². The second-order valence-corrected chi connectivity index (χ2v) is 4.81. The molecule has 1 aromatic rings. The van der Waals surface area contributed by atoms with Crippen molar-refractivity contribution >= 4 is 11.5 Å². The molecule has 0 spiro atoms. The van der Waals surface area contributed by atoms with Crippen LogP contribution in [0.2, 0.25) is 0 Å². The molecule has 0 fully saturated rings. The highest BCUT2D eigenvalue weighted by atomic mass is 16.5. The Morgan fingerprint density at radius 1 is 1.40 bits per heavy atom. The minimum absolute atomic E-state index is 0.0899. The third-order valence-electron chi connectivity index (χ3n) is 3.39. The quantitative estimate of drug-likeness (QED) is 0.767. The number of benzene rings is 1. The minimum Gasteiger partial charge on any atom is -0.497 e. The van der Waals surface area contributed by atoms with Gasteiger partial charge in [-0.05, 0) is 41.3 Å². The Balaban J connectivity index is 2.27. The normalized spacial score (nSPS) is 20.9. The van der Waals surface area contributed by atoms with Crippen molar-refractivity contribution < 1.29 is 19.7 Å². The van der Waals surface area contributed by atoms with Crippen molar-refractivity contribution in [3.05, 3.63) is 35.4 Å². The molecular formula is C15H19NO4. The van der Waals surface area contributed by atoms with Crippen LogP contribution in [0.1, 0.15) is 30.6 Å².